The first kappa shape index (κ1) is 14.0. The zero-order valence-electron chi connectivity index (χ0n) is 10.1. The van der Waals surface area contributed by atoms with Crippen LogP contribution in [0.2, 0.25) is 0 Å². The number of aliphatic hydroxyl groups excluding tert-OH is 4. The second kappa shape index (κ2) is 5.72. The maximum atomic E-state index is 9.77. The number of nitrogen functional groups attached to an aromatic ring is 1. The van der Waals surface area contributed by atoms with Crippen LogP contribution in [-0.4, -0.2) is 57.7 Å². The second-order valence-corrected chi connectivity index (χ2v) is 4.38. The Bertz CT molecular complexity index is 409. The Morgan fingerprint density at radius 2 is 1.68 bits per heavy atom. The first-order valence-corrected chi connectivity index (χ1v) is 5.85. The van der Waals surface area contributed by atoms with Crippen LogP contribution in [0.25, 0.3) is 0 Å². The monoisotopic (exact) mass is 271 g/mol. The molecular weight excluding hydrogens is 254 g/mol. The first-order valence-electron chi connectivity index (χ1n) is 5.85. The molecule has 5 atom stereocenters. The van der Waals surface area contributed by atoms with E-state index in [2.05, 4.69) is 0 Å². The Morgan fingerprint density at radius 3 is 2.26 bits per heavy atom. The average molecular weight is 271 g/mol. The third-order valence-corrected chi connectivity index (χ3v) is 2.98. The van der Waals surface area contributed by atoms with Gasteiger partial charge in [-0.25, -0.2) is 0 Å². The summed E-state index contributed by atoms with van der Waals surface area (Å²) < 4.78 is 10.6. The lowest BCUT2D eigenvalue weighted by molar-refractivity contribution is -0.277. The van der Waals surface area contributed by atoms with Crippen LogP contribution in [0.5, 0.6) is 5.75 Å². The van der Waals surface area contributed by atoms with Gasteiger partial charge in [-0.3, -0.25) is 0 Å². The van der Waals surface area contributed by atoms with Crippen molar-refractivity contribution in [3.8, 4) is 5.75 Å². The maximum Gasteiger partial charge on any atom is 0.229 e. The fourth-order valence-corrected chi connectivity index (χ4v) is 1.85. The SMILES string of the molecule is Nc1ccc(OC2O[C@H](CO)[C@@H](O)[C@H](O)[C@H]2O)cc1. The van der Waals surface area contributed by atoms with E-state index in [-0.39, 0.29) is 0 Å². The minimum Gasteiger partial charge on any atom is -0.462 e. The van der Waals surface area contributed by atoms with E-state index in [1.165, 1.54) is 0 Å². The number of ether oxygens (including phenoxy) is 2. The van der Waals surface area contributed by atoms with E-state index in [1.54, 1.807) is 24.3 Å². The van der Waals surface area contributed by atoms with Crippen molar-refractivity contribution in [2.24, 2.45) is 0 Å². The summed E-state index contributed by atoms with van der Waals surface area (Å²) in [6.45, 7) is -0.494. The van der Waals surface area contributed by atoms with Crippen LogP contribution in [-0.2, 0) is 4.74 Å². The molecule has 1 aromatic carbocycles. The summed E-state index contributed by atoms with van der Waals surface area (Å²) in [6.07, 6.45) is -6.44. The van der Waals surface area contributed by atoms with E-state index in [9.17, 15) is 15.3 Å². The third-order valence-electron chi connectivity index (χ3n) is 2.98. The highest BCUT2D eigenvalue weighted by atomic mass is 16.7. The summed E-state index contributed by atoms with van der Waals surface area (Å²) in [7, 11) is 0. The molecule has 0 spiro atoms. The van der Waals surface area contributed by atoms with Gasteiger partial charge in [0.1, 0.15) is 30.2 Å². The first-order chi connectivity index (χ1) is 9.02. The largest absolute Gasteiger partial charge is 0.462 e. The van der Waals surface area contributed by atoms with E-state index >= 15 is 0 Å². The quantitative estimate of drug-likeness (QED) is 0.421. The van der Waals surface area contributed by atoms with Crippen molar-refractivity contribution < 1.29 is 29.9 Å². The summed E-state index contributed by atoms with van der Waals surface area (Å²) in [5.41, 5.74) is 6.09. The molecule has 0 saturated carbocycles. The van der Waals surface area contributed by atoms with E-state index in [0.717, 1.165) is 0 Å². The van der Waals surface area contributed by atoms with Gasteiger partial charge >= 0.3 is 0 Å². The molecule has 0 bridgehead atoms. The van der Waals surface area contributed by atoms with E-state index in [0.29, 0.717) is 11.4 Å². The number of aliphatic hydroxyl groups is 4. The predicted octanol–water partition coefficient (Wildman–Crippen LogP) is -1.55. The summed E-state index contributed by atoms with van der Waals surface area (Å²) in [5, 5.41) is 38.0. The molecule has 0 amide bonds. The molecule has 1 aromatic rings. The number of hydrogen-bond acceptors (Lipinski definition) is 7. The average Bonchev–Trinajstić information content (AvgIpc) is 2.42. The summed E-state index contributed by atoms with van der Waals surface area (Å²) in [6, 6.07) is 6.38. The van der Waals surface area contributed by atoms with Crippen LogP contribution in [0.3, 0.4) is 0 Å². The van der Waals surface area contributed by atoms with Gasteiger partial charge in [0.25, 0.3) is 0 Å². The Labute approximate surface area is 109 Å². The maximum absolute atomic E-state index is 9.77. The molecule has 7 heteroatoms. The van der Waals surface area contributed by atoms with Gasteiger partial charge in [0, 0.05) is 5.69 Å². The zero-order valence-corrected chi connectivity index (χ0v) is 10.1. The van der Waals surface area contributed by atoms with Gasteiger partial charge in [-0.05, 0) is 24.3 Å². The van der Waals surface area contributed by atoms with Gasteiger partial charge in [-0.2, -0.15) is 0 Å². The van der Waals surface area contributed by atoms with Crippen molar-refractivity contribution in [2.45, 2.75) is 30.7 Å². The van der Waals surface area contributed by atoms with E-state index in [4.69, 9.17) is 20.3 Å². The Hall–Kier alpha value is -1.38. The van der Waals surface area contributed by atoms with Crippen molar-refractivity contribution in [1.82, 2.24) is 0 Å². The van der Waals surface area contributed by atoms with Crippen molar-refractivity contribution in [3.63, 3.8) is 0 Å². The van der Waals surface area contributed by atoms with Crippen LogP contribution in [0.1, 0.15) is 0 Å². The highest BCUT2D eigenvalue weighted by molar-refractivity contribution is 5.41. The molecule has 1 unspecified atom stereocenters. The molecule has 106 valence electrons. The van der Waals surface area contributed by atoms with Crippen molar-refractivity contribution >= 4 is 5.69 Å². The van der Waals surface area contributed by atoms with Crippen molar-refractivity contribution in [2.75, 3.05) is 12.3 Å². The lowest BCUT2D eigenvalue weighted by Gasteiger charge is -2.39. The molecule has 1 aliphatic heterocycles. The molecule has 1 heterocycles. The molecule has 1 saturated heterocycles. The van der Waals surface area contributed by atoms with E-state index in [1.807, 2.05) is 0 Å². The summed E-state index contributed by atoms with van der Waals surface area (Å²) in [5.74, 6) is 0.388. The molecular formula is C12H17NO6. The summed E-state index contributed by atoms with van der Waals surface area (Å²) in [4.78, 5) is 0. The minimum absolute atomic E-state index is 0.388. The number of rotatable bonds is 3. The molecule has 19 heavy (non-hydrogen) atoms. The highest BCUT2D eigenvalue weighted by Crippen LogP contribution is 2.24. The fraction of sp³-hybridized carbons (Fsp3) is 0.500. The Kier molecular flexibility index (Phi) is 4.23. The lowest BCUT2D eigenvalue weighted by atomic mass is 9.99. The molecule has 0 aromatic heterocycles. The van der Waals surface area contributed by atoms with E-state index < -0.39 is 37.3 Å². The Balaban J connectivity index is 2.08. The van der Waals surface area contributed by atoms with Crippen LogP contribution in [0.15, 0.2) is 24.3 Å². The molecule has 7 nitrogen and oxygen atoms in total. The van der Waals surface area contributed by atoms with Gasteiger partial charge in [-0.1, -0.05) is 0 Å². The number of hydrogen-bond donors (Lipinski definition) is 5. The molecule has 1 fully saturated rings. The highest BCUT2D eigenvalue weighted by Gasteiger charge is 2.44. The molecule has 1 aliphatic rings. The van der Waals surface area contributed by atoms with Gasteiger partial charge < -0.3 is 35.6 Å². The number of anilines is 1. The van der Waals surface area contributed by atoms with Crippen LogP contribution in [0.4, 0.5) is 5.69 Å². The fourth-order valence-electron chi connectivity index (χ4n) is 1.85. The molecule has 2 rings (SSSR count). The van der Waals surface area contributed by atoms with Crippen LogP contribution < -0.4 is 10.5 Å². The predicted molar refractivity (Wildman–Crippen MR) is 65.2 cm³/mol. The normalized spacial score (nSPS) is 35.1. The van der Waals surface area contributed by atoms with Gasteiger partial charge in [0.15, 0.2) is 0 Å². The second-order valence-electron chi connectivity index (χ2n) is 4.38. The molecule has 0 aliphatic carbocycles. The van der Waals surface area contributed by atoms with Crippen molar-refractivity contribution in [3.05, 3.63) is 24.3 Å². The molecule has 0 radical (unpaired) electrons. The number of nitrogens with two attached hydrogens (primary N) is 1. The summed E-state index contributed by atoms with van der Waals surface area (Å²) >= 11 is 0. The van der Waals surface area contributed by atoms with Crippen LogP contribution >= 0.6 is 0 Å². The third kappa shape index (κ3) is 2.96. The minimum atomic E-state index is -1.45. The topological polar surface area (TPSA) is 125 Å². The standard InChI is InChI=1S/C12H17NO6/c13-6-1-3-7(4-2-6)18-12-11(17)10(16)9(15)8(5-14)19-12/h1-4,8-12,14-17H,5,13H2/t8-,9-,10+,11-,12?/m1/s1. The lowest BCUT2D eigenvalue weighted by Crippen LogP contribution is -2.60. The number of benzene rings is 1. The van der Waals surface area contributed by atoms with Crippen molar-refractivity contribution in [1.29, 1.82) is 0 Å². The van der Waals surface area contributed by atoms with Gasteiger partial charge in [-0.15, -0.1) is 0 Å². The molecule has 6 N–H and O–H groups in total. The van der Waals surface area contributed by atoms with Gasteiger partial charge in [0.2, 0.25) is 6.29 Å². The van der Waals surface area contributed by atoms with Crippen LogP contribution in [0, 0.1) is 0 Å². The Morgan fingerprint density at radius 1 is 1.05 bits per heavy atom. The zero-order chi connectivity index (χ0) is 14.0. The smallest absolute Gasteiger partial charge is 0.229 e. The van der Waals surface area contributed by atoms with Gasteiger partial charge in [0.05, 0.1) is 6.61 Å².